The van der Waals surface area contributed by atoms with Crippen LogP contribution in [0.2, 0.25) is 0 Å². The van der Waals surface area contributed by atoms with Gasteiger partial charge in [0, 0.05) is 0 Å². The number of sulfone groups is 1. The number of ether oxygens (including phenoxy) is 1. The highest BCUT2D eigenvalue weighted by Crippen LogP contribution is 2.15. The Balaban J connectivity index is 2.46. The summed E-state index contributed by atoms with van der Waals surface area (Å²) in [5.74, 6) is 0.257. The average molecular weight is 327 g/mol. The van der Waals surface area contributed by atoms with Crippen molar-refractivity contribution in [3.63, 3.8) is 0 Å². The average Bonchev–Trinajstić information content (AvgIpc) is 2.41. The van der Waals surface area contributed by atoms with E-state index in [9.17, 15) is 13.2 Å². The summed E-state index contributed by atoms with van der Waals surface area (Å²) in [6.45, 7) is 9.09. The summed E-state index contributed by atoms with van der Waals surface area (Å²) >= 11 is 0. The Morgan fingerprint density at radius 2 is 1.68 bits per heavy atom. The Bertz CT molecular complexity index is 603. The number of aryl methyl sites for hydroxylation is 2. The summed E-state index contributed by atoms with van der Waals surface area (Å²) in [6, 6.07) is 5.88. The Morgan fingerprint density at radius 1 is 1.14 bits per heavy atom. The normalized spacial score (nSPS) is 13.0. The lowest BCUT2D eigenvalue weighted by molar-refractivity contribution is -0.120. The standard InChI is InChI=1S/C16H25NO4S/c1-11(2)22(19,20)14(5)16(18)17-6-7-21-15-9-12(3)8-13(4)10-15/h8-11,14H,6-7H2,1-5H3,(H,17,18). The van der Waals surface area contributed by atoms with Crippen molar-refractivity contribution in [1.29, 1.82) is 0 Å². The SMILES string of the molecule is Cc1cc(C)cc(OCCNC(=O)C(C)S(=O)(=O)C(C)C)c1. The van der Waals surface area contributed by atoms with Crippen LogP contribution in [0.3, 0.4) is 0 Å². The third-order valence-corrected chi connectivity index (χ3v) is 5.90. The summed E-state index contributed by atoms with van der Waals surface area (Å²) in [4.78, 5) is 11.9. The molecule has 1 amide bonds. The number of carbonyl (C=O) groups excluding carboxylic acids is 1. The maximum Gasteiger partial charge on any atom is 0.238 e. The second-order valence-electron chi connectivity index (χ2n) is 5.74. The second kappa shape index (κ2) is 7.63. The van der Waals surface area contributed by atoms with Crippen molar-refractivity contribution in [3.05, 3.63) is 29.3 Å². The number of benzene rings is 1. The van der Waals surface area contributed by atoms with E-state index < -0.39 is 26.2 Å². The minimum absolute atomic E-state index is 0.268. The van der Waals surface area contributed by atoms with E-state index in [2.05, 4.69) is 5.32 Å². The van der Waals surface area contributed by atoms with E-state index >= 15 is 0 Å². The quantitative estimate of drug-likeness (QED) is 0.778. The molecule has 1 atom stereocenters. The van der Waals surface area contributed by atoms with E-state index in [1.54, 1.807) is 13.8 Å². The van der Waals surface area contributed by atoms with Gasteiger partial charge in [-0.1, -0.05) is 6.07 Å². The van der Waals surface area contributed by atoms with Crippen LogP contribution in [0.15, 0.2) is 18.2 Å². The Morgan fingerprint density at radius 3 is 2.18 bits per heavy atom. The first-order chi connectivity index (χ1) is 10.1. The van der Waals surface area contributed by atoms with Gasteiger partial charge in [0.2, 0.25) is 5.91 Å². The Kier molecular flexibility index (Phi) is 6.41. The van der Waals surface area contributed by atoms with Crippen molar-refractivity contribution in [2.75, 3.05) is 13.2 Å². The van der Waals surface area contributed by atoms with Crippen LogP contribution >= 0.6 is 0 Å². The van der Waals surface area contributed by atoms with Gasteiger partial charge in [0.1, 0.15) is 17.6 Å². The summed E-state index contributed by atoms with van der Waals surface area (Å²) in [7, 11) is -3.43. The molecule has 1 rings (SSSR count). The number of rotatable bonds is 7. The van der Waals surface area contributed by atoms with E-state index in [1.165, 1.54) is 6.92 Å². The Labute approximate surface area is 133 Å². The van der Waals surface area contributed by atoms with Crippen LogP contribution in [0.25, 0.3) is 0 Å². The van der Waals surface area contributed by atoms with E-state index in [0.29, 0.717) is 6.61 Å². The molecule has 0 fully saturated rings. The lowest BCUT2D eigenvalue weighted by Crippen LogP contribution is -2.42. The largest absolute Gasteiger partial charge is 0.492 e. The van der Waals surface area contributed by atoms with Crippen LogP contribution in [0.1, 0.15) is 31.9 Å². The van der Waals surface area contributed by atoms with Crippen LogP contribution in [-0.4, -0.2) is 38.0 Å². The molecule has 124 valence electrons. The summed E-state index contributed by atoms with van der Waals surface area (Å²) in [6.07, 6.45) is 0. The molecular weight excluding hydrogens is 302 g/mol. The number of hydrogen-bond donors (Lipinski definition) is 1. The van der Waals surface area contributed by atoms with Crippen LogP contribution in [0.5, 0.6) is 5.75 Å². The van der Waals surface area contributed by atoms with Crippen molar-refractivity contribution in [3.8, 4) is 5.75 Å². The van der Waals surface area contributed by atoms with Crippen LogP contribution < -0.4 is 10.1 Å². The van der Waals surface area contributed by atoms with Gasteiger partial charge in [-0.05, 0) is 57.9 Å². The zero-order chi connectivity index (χ0) is 16.9. The molecule has 0 radical (unpaired) electrons. The van der Waals surface area contributed by atoms with Crippen molar-refractivity contribution in [2.45, 2.75) is 45.1 Å². The minimum atomic E-state index is -3.43. The molecular formula is C16H25NO4S. The van der Waals surface area contributed by atoms with Gasteiger partial charge < -0.3 is 10.1 Å². The van der Waals surface area contributed by atoms with Crippen molar-refractivity contribution in [2.24, 2.45) is 0 Å². The molecule has 5 nitrogen and oxygen atoms in total. The maximum atomic E-state index is 11.9. The highest BCUT2D eigenvalue weighted by atomic mass is 32.2. The first kappa shape index (κ1) is 18.5. The molecule has 0 aliphatic heterocycles. The summed E-state index contributed by atoms with van der Waals surface area (Å²) in [5, 5.41) is 0.983. The number of hydrogen-bond acceptors (Lipinski definition) is 4. The molecule has 0 saturated carbocycles. The number of carbonyl (C=O) groups is 1. The Hall–Kier alpha value is -1.56. The lowest BCUT2D eigenvalue weighted by Gasteiger charge is -2.16. The van der Waals surface area contributed by atoms with Gasteiger partial charge in [0.05, 0.1) is 11.8 Å². The first-order valence-corrected chi connectivity index (χ1v) is 8.97. The van der Waals surface area contributed by atoms with Crippen LogP contribution in [0.4, 0.5) is 0 Å². The molecule has 0 aliphatic rings. The monoisotopic (exact) mass is 327 g/mol. The van der Waals surface area contributed by atoms with E-state index in [4.69, 9.17) is 4.74 Å². The van der Waals surface area contributed by atoms with E-state index in [1.807, 2.05) is 32.0 Å². The molecule has 22 heavy (non-hydrogen) atoms. The third-order valence-electron chi connectivity index (χ3n) is 3.38. The highest BCUT2D eigenvalue weighted by molar-refractivity contribution is 7.93. The van der Waals surface area contributed by atoms with Crippen LogP contribution in [-0.2, 0) is 14.6 Å². The fraction of sp³-hybridized carbons (Fsp3) is 0.562. The molecule has 1 N–H and O–H groups in total. The van der Waals surface area contributed by atoms with Crippen molar-refractivity contribution in [1.82, 2.24) is 5.32 Å². The zero-order valence-corrected chi connectivity index (χ0v) is 14.7. The highest BCUT2D eigenvalue weighted by Gasteiger charge is 2.30. The fourth-order valence-electron chi connectivity index (χ4n) is 2.06. The molecule has 0 saturated heterocycles. The molecule has 1 aromatic carbocycles. The van der Waals surface area contributed by atoms with Gasteiger partial charge in [-0.15, -0.1) is 0 Å². The van der Waals surface area contributed by atoms with E-state index in [-0.39, 0.29) is 6.54 Å². The molecule has 0 aliphatic carbocycles. The molecule has 0 aromatic heterocycles. The van der Waals surface area contributed by atoms with Gasteiger partial charge in [-0.25, -0.2) is 8.42 Å². The maximum absolute atomic E-state index is 11.9. The zero-order valence-electron chi connectivity index (χ0n) is 13.8. The predicted octanol–water partition coefficient (Wildman–Crippen LogP) is 2.01. The molecule has 1 aromatic rings. The van der Waals surface area contributed by atoms with E-state index in [0.717, 1.165) is 16.9 Å². The molecule has 1 unspecified atom stereocenters. The second-order valence-corrected chi connectivity index (χ2v) is 8.57. The molecule has 0 spiro atoms. The number of amides is 1. The topological polar surface area (TPSA) is 72.5 Å². The summed E-state index contributed by atoms with van der Waals surface area (Å²) in [5.41, 5.74) is 2.21. The molecule has 6 heteroatoms. The fourth-order valence-corrected chi connectivity index (χ4v) is 3.26. The van der Waals surface area contributed by atoms with Crippen LogP contribution in [0, 0.1) is 13.8 Å². The smallest absolute Gasteiger partial charge is 0.238 e. The van der Waals surface area contributed by atoms with Crippen molar-refractivity contribution < 1.29 is 17.9 Å². The molecule has 0 bridgehead atoms. The minimum Gasteiger partial charge on any atom is -0.492 e. The van der Waals surface area contributed by atoms with Gasteiger partial charge in [-0.3, -0.25) is 4.79 Å². The molecule has 0 heterocycles. The number of nitrogens with one attached hydrogen (secondary N) is 1. The van der Waals surface area contributed by atoms with Gasteiger partial charge in [0.15, 0.2) is 9.84 Å². The summed E-state index contributed by atoms with van der Waals surface area (Å²) < 4.78 is 29.4. The van der Waals surface area contributed by atoms with Gasteiger partial charge >= 0.3 is 0 Å². The predicted molar refractivity (Wildman–Crippen MR) is 87.9 cm³/mol. The first-order valence-electron chi connectivity index (χ1n) is 7.36. The van der Waals surface area contributed by atoms with Gasteiger partial charge in [-0.2, -0.15) is 0 Å². The van der Waals surface area contributed by atoms with Gasteiger partial charge in [0.25, 0.3) is 0 Å². The van der Waals surface area contributed by atoms with Crippen molar-refractivity contribution >= 4 is 15.7 Å². The third kappa shape index (κ3) is 5.02. The lowest BCUT2D eigenvalue weighted by atomic mass is 10.1.